The number of nitrogens with one attached hydrogen (secondary N) is 2. The highest BCUT2D eigenvalue weighted by molar-refractivity contribution is 5.92. The molecule has 5 aromatic rings. The van der Waals surface area contributed by atoms with Gasteiger partial charge in [-0.1, -0.05) is 0 Å². The number of carbonyl (C=O) groups excluding carboxylic acids is 1. The molecular weight excluding hydrogens is 459 g/mol. The number of benzene rings is 2. The molecule has 0 spiro atoms. The Morgan fingerprint density at radius 2 is 1.86 bits per heavy atom. The molecule has 0 saturated carbocycles. The zero-order chi connectivity index (χ0) is 25.2. The van der Waals surface area contributed by atoms with Gasteiger partial charge in [0, 0.05) is 64.5 Å². The maximum absolute atomic E-state index is 14.6. The summed E-state index contributed by atoms with van der Waals surface area (Å²) in [5, 5.41) is 5.83. The van der Waals surface area contributed by atoms with E-state index in [1.165, 1.54) is 12.3 Å². The molecule has 0 aliphatic carbocycles. The van der Waals surface area contributed by atoms with Gasteiger partial charge in [-0.3, -0.25) is 14.8 Å². The molecule has 0 radical (unpaired) electrons. The Morgan fingerprint density at radius 3 is 2.67 bits per heavy atom. The van der Waals surface area contributed by atoms with Crippen molar-refractivity contribution in [2.45, 2.75) is 6.92 Å². The molecule has 0 bridgehead atoms. The topological polar surface area (TPSA) is 94.0 Å². The van der Waals surface area contributed by atoms with Crippen molar-refractivity contribution >= 4 is 28.6 Å². The number of aryl methyl sites for hydroxylation is 2. The van der Waals surface area contributed by atoms with E-state index in [1.807, 2.05) is 42.8 Å². The van der Waals surface area contributed by atoms with Crippen LogP contribution in [0.3, 0.4) is 0 Å². The first-order valence-corrected chi connectivity index (χ1v) is 11.2. The van der Waals surface area contributed by atoms with Crippen LogP contribution < -0.4 is 15.4 Å². The molecular formula is C27H27FN6O2. The highest BCUT2D eigenvalue weighted by atomic mass is 19.1. The van der Waals surface area contributed by atoms with Gasteiger partial charge in [-0.25, -0.2) is 9.37 Å². The van der Waals surface area contributed by atoms with Crippen molar-refractivity contribution < 1.29 is 16.8 Å². The first-order chi connectivity index (χ1) is 17.4. The Labute approximate surface area is 209 Å². The third-order valence-corrected chi connectivity index (χ3v) is 5.83. The SMILES string of the molecule is CNC(=O)c1cc(Oc2ccc3c(c2)nc(Nc2ccc(F)c(-c4cnccc4C)c2)n3C)ccn1.[HH].[HH]. The third-order valence-electron chi connectivity index (χ3n) is 5.83. The van der Waals surface area contributed by atoms with Gasteiger partial charge in [0.15, 0.2) is 0 Å². The molecule has 0 unspecified atom stereocenters. The van der Waals surface area contributed by atoms with E-state index in [9.17, 15) is 9.18 Å². The first kappa shape index (κ1) is 23.0. The van der Waals surface area contributed by atoms with E-state index in [0.717, 1.165) is 16.6 Å². The van der Waals surface area contributed by atoms with E-state index in [0.29, 0.717) is 34.2 Å². The van der Waals surface area contributed by atoms with E-state index in [4.69, 9.17) is 9.72 Å². The number of halogens is 1. The number of hydrogen-bond donors (Lipinski definition) is 2. The largest absolute Gasteiger partial charge is 0.457 e. The summed E-state index contributed by atoms with van der Waals surface area (Å²) in [6.45, 7) is 1.92. The minimum absolute atomic E-state index is 0. The summed E-state index contributed by atoms with van der Waals surface area (Å²) in [5.41, 5.74) is 4.70. The fourth-order valence-electron chi connectivity index (χ4n) is 3.90. The van der Waals surface area contributed by atoms with Gasteiger partial charge >= 0.3 is 0 Å². The van der Waals surface area contributed by atoms with Crippen LogP contribution in [0, 0.1) is 12.7 Å². The second-order valence-corrected chi connectivity index (χ2v) is 8.21. The van der Waals surface area contributed by atoms with Crippen molar-refractivity contribution in [3.05, 3.63) is 90.3 Å². The number of imidazole rings is 1. The monoisotopic (exact) mass is 486 g/mol. The smallest absolute Gasteiger partial charge is 0.269 e. The van der Waals surface area contributed by atoms with Crippen molar-refractivity contribution in [1.29, 1.82) is 0 Å². The van der Waals surface area contributed by atoms with Crippen LogP contribution in [0.15, 0.2) is 73.2 Å². The quantitative estimate of drug-likeness (QED) is 0.312. The molecule has 3 aromatic heterocycles. The number of ether oxygens (including phenoxy) is 1. The predicted molar refractivity (Wildman–Crippen MR) is 140 cm³/mol. The van der Waals surface area contributed by atoms with Crippen LogP contribution in [0.1, 0.15) is 18.9 Å². The number of aromatic nitrogens is 4. The van der Waals surface area contributed by atoms with E-state index in [1.54, 1.807) is 43.7 Å². The number of anilines is 2. The van der Waals surface area contributed by atoms with Gasteiger partial charge in [-0.15, -0.1) is 0 Å². The van der Waals surface area contributed by atoms with Gasteiger partial charge < -0.3 is 19.9 Å². The number of pyridine rings is 2. The van der Waals surface area contributed by atoms with Crippen molar-refractivity contribution in [1.82, 2.24) is 24.8 Å². The molecule has 8 nitrogen and oxygen atoms in total. The van der Waals surface area contributed by atoms with Crippen LogP contribution in [0.25, 0.3) is 22.2 Å². The number of carbonyl (C=O) groups is 1. The van der Waals surface area contributed by atoms with Crippen LogP contribution in [0.4, 0.5) is 16.0 Å². The summed E-state index contributed by atoms with van der Waals surface area (Å²) >= 11 is 0. The van der Waals surface area contributed by atoms with E-state index in [2.05, 4.69) is 20.6 Å². The second-order valence-electron chi connectivity index (χ2n) is 8.21. The highest BCUT2D eigenvalue weighted by Crippen LogP contribution is 2.31. The summed E-state index contributed by atoms with van der Waals surface area (Å²) in [4.78, 5) is 24.7. The molecule has 3 heterocycles. The molecule has 2 N–H and O–H groups in total. The Balaban J connectivity index is 0.00000200. The van der Waals surface area contributed by atoms with Crippen LogP contribution in [0.5, 0.6) is 11.5 Å². The minimum Gasteiger partial charge on any atom is -0.457 e. The third kappa shape index (κ3) is 4.46. The number of nitrogens with zero attached hydrogens (tertiary/aromatic N) is 4. The lowest BCUT2D eigenvalue weighted by Gasteiger charge is -2.11. The lowest BCUT2D eigenvalue weighted by molar-refractivity contribution is 0.0958. The van der Waals surface area contributed by atoms with Crippen LogP contribution in [0.2, 0.25) is 0 Å². The van der Waals surface area contributed by atoms with Crippen LogP contribution in [-0.4, -0.2) is 32.5 Å². The van der Waals surface area contributed by atoms with Gasteiger partial charge in [0.2, 0.25) is 5.95 Å². The van der Waals surface area contributed by atoms with Crippen molar-refractivity contribution in [3.8, 4) is 22.6 Å². The van der Waals surface area contributed by atoms with Crippen LogP contribution >= 0.6 is 0 Å². The molecule has 9 heteroatoms. The van der Waals surface area contributed by atoms with Gasteiger partial charge in [-0.05, 0) is 55.0 Å². The number of amides is 1. The molecule has 36 heavy (non-hydrogen) atoms. The predicted octanol–water partition coefficient (Wildman–Crippen LogP) is 5.87. The summed E-state index contributed by atoms with van der Waals surface area (Å²) in [6, 6.07) is 15.5. The fraction of sp³-hybridized carbons (Fsp3) is 0.111. The normalized spacial score (nSPS) is 10.9. The van der Waals surface area contributed by atoms with Gasteiger partial charge in [-0.2, -0.15) is 0 Å². The van der Waals surface area contributed by atoms with Crippen molar-refractivity contribution in [2.24, 2.45) is 7.05 Å². The molecule has 5 rings (SSSR count). The molecule has 2 aromatic carbocycles. The Hall–Kier alpha value is -4.79. The summed E-state index contributed by atoms with van der Waals surface area (Å²) in [7, 11) is 3.44. The number of fused-ring (bicyclic) bond motifs is 1. The second kappa shape index (κ2) is 9.46. The van der Waals surface area contributed by atoms with Crippen molar-refractivity contribution in [3.63, 3.8) is 0 Å². The van der Waals surface area contributed by atoms with Gasteiger partial charge in [0.1, 0.15) is 23.0 Å². The zero-order valence-electron chi connectivity index (χ0n) is 19.9. The maximum atomic E-state index is 14.6. The van der Waals surface area contributed by atoms with Crippen molar-refractivity contribution in [2.75, 3.05) is 12.4 Å². The fourth-order valence-corrected chi connectivity index (χ4v) is 3.90. The molecule has 0 aliphatic rings. The first-order valence-electron chi connectivity index (χ1n) is 11.2. The molecule has 0 saturated heterocycles. The lowest BCUT2D eigenvalue weighted by Crippen LogP contribution is -2.18. The Bertz CT molecular complexity index is 1610. The number of hydrogen-bond acceptors (Lipinski definition) is 6. The summed E-state index contributed by atoms with van der Waals surface area (Å²) in [5.74, 6) is 1.03. The minimum atomic E-state index is -0.320. The summed E-state index contributed by atoms with van der Waals surface area (Å²) < 4.78 is 22.5. The highest BCUT2D eigenvalue weighted by Gasteiger charge is 2.13. The van der Waals surface area contributed by atoms with Gasteiger partial charge in [0.25, 0.3) is 5.91 Å². The molecule has 0 aliphatic heterocycles. The Morgan fingerprint density at radius 1 is 1.03 bits per heavy atom. The molecule has 0 atom stereocenters. The molecule has 0 fully saturated rings. The lowest BCUT2D eigenvalue weighted by atomic mass is 10.0. The standard InChI is InChI=1S/C27H23FN6O2.2H2/c1-16-8-10-30-15-21(16)20-12-17(4-6-22(20)28)32-27-33-23-13-18(5-7-25(23)34(27)3)36-19-9-11-31-24(14-19)26(35)29-2;;/h4-15H,1-3H3,(H,29,35)(H,32,33);2*1H. The average molecular weight is 487 g/mol. The zero-order valence-corrected chi connectivity index (χ0v) is 19.9. The van der Waals surface area contributed by atoms with E-state index < -0.39 is 0 Å². The van der Waals surface area contributed by atoms with E-state index in [-0.39, 0.29) is 20.3 Å². The van der Waals surface area contributed by atoms with Crippen LogP contribution in [-0.2, 0) is 7.05 Å². The van der Waals surface area contributed by atoms with E-state index >= 15 is 0 Å². The summed E-state index contributed by atoms with van der Waals surface area (Å²) in [6.07, 6.45) is 4.87. The molecule has 184 valence electrons. The maximum Gasteiger partial charge on any atom is 0.269 e. The average Bonchev–Trinajstić information content (AvgIpc) is 3.19. The number of rotatable bonds is 6. The van der Waals surface area contributed by atoms with Gasteiger partial charge in [0.05, 0.1) is 11.0 Å². The Kier molecular flexibility index (Phi) is 6.03. The molecule has 1 amide bonds.